The maximum absolute atomic E-state index is 2.55. The Kier molecular flexibility index (Phi) is 4.76. The van der Waals surface area contributed by atoms with Gasteiger partial charge in [-0.1, -0.05) is 52.2 Å². The molecule has 0 aromatic rings. The van der Waals surface area contributed by atoms with E-state index in [0.717, 1.165) is 34.8 Å². The summed E-state index contributed by atoms with van der Waals surface area (Å²) in [5.74, 6) is 5.19. The van der Waals surface area contributed by atoms with Crippen LogP contribution < -0.4 is 0 Å². The van der Waals surface area contributed by atoms with Crippen LogP contribution in [0.2, 0.25) is 0 Å². The summed E-state index contributed by atoms with van der Waals surface area (Å²) >= 11 is 2.15. The third-order valence-electron chi connectivity index (χ3n) is 6.60. The van der Waals surface area contributed by atoms with Gasteiger partial charge < -0.3 is 0 Å². The zero-order valence-electron chi connectivity index (χ0n) is 15.6. The number of hydrogen-bond acceptors (Lipinski definition) is 1. The Morgan fingerprint density at radius 1 is 1.14 bits per heavy atom. The van der Waals surface area contributed by atoms with Crippen LogP contribution in [0.15, 0.2) is 11.1 Å². The molecule has 0 radical (unpaired) electrons. The Morgan fingerprint density at radius 3 is 2.41 bits per heavy atom. The van der Waals surface area contributed by atoms with Gasteiger partial charge in [-0.3, -0.25) is 0 Å². The highest BCUT2D eigenvalue weighted by Crippen LogP contribution is 2.63. The van der Waals surface area contributed by atoms with E-state index >= 15 is 0 Å². The van der Waals surface area contributed by atoms with Gasteiger partial charge in [0.1, 0.15) is 0 Å². The molecule has 0 amide bonds. The molecular weight excluding hydrogens is 284 g/mol. The summed E-state index contributed by atoms with van der Waals surface area (Å²) in [4.78, 5) is 0. The fourth-order valence-electron chi connectivity index (χ4n) is 5.45. The number of rotatable bonds is 6. The highest BCUT2D eigenvalue weighted by molar-refractivity contribution is 7.99. The van der Waals surface area contributed by atoms with Crippen LogP contribution in [-0.2, 0) is 0 Å². The van der Waals surface area contributed by atoms with Gasteiger partial charge in [-0.15, -0.1) is 0 Å². The number of thioether (sulfide) groups is 1. The van der Waals surface area contributed by atoms with E-state index in [4.69, 9.17) is 0 Å². The maximum Gasteiger partial charge on any atom is 0.00753 e. The zero-order valence-corrected chi connectivity index (χ0v) is 16.4. The van der Waals surface area contributed by atoms with Gasteiger partial charge in [-0.25, -0.2) is 0 Å². The highest BCUT2D eigenvalue weighted by atomic mass is 32.2. The SMILES string of the molecule is CCC1CC2C(CC1SC)C2C(C)CC1=C(CC(C)(C)C)C1. The fourth-order valence-corrected chi connectivity index (χ4v) is 6.55. The van der Waals surface area contributed by atoms with E-state index in [-0.39, 0.29) is 0 Å². The quantitative estimate of drug-likeness (QED) is 0.499. The third kappa shape index (κ3) is 3.60. The van der Waals surface area contributed by atoms with Gasteiger partial charge >= 0.3 is 0 Å². The van der Waals surface area contributed by atoms with Crippen molar-refractivity contribution in [1.82, 2.24) is 0 Å². The minimum absolute atomic E-state index is 0.480. The Bertz CT molecular complexity index is 423. The van der Waals surface area contributed by atoms with Crippen LogP contribution in [0.4, 0.5) is 0 Å². The molecular formula is C21H36S. The first kappa shape index (κ1) is 16.9. The number of allylic oxidation sites excluding steroid dienone is 2. The molecule has 2 fully saturated rings. The Labute approximate surface area is 142 Å². The Hall–Kier alpha value is 0.0900. The lowest BCUT2D eigenvalue weighted by Gasteiger charge is -2.28. The second-order valence-electron chi connectivity index (χ2n) is 9.62. The van der Waals surface area contributed by atoms with Crippen molar-refractivity contribution in [2.45, 2.75) is 78.4 Å². The molecule has 0 nitrogen and oxygen atoms in total. The summed E-state index contributed by atoms with van der Waals surface area (Å²) in [6.07, 6.45) is 10.9. The molecule has 0 heterocycles. The van der Waals surface area contributed by atoms with E-state index in [0.29, 0.717) is 5.41 Å². The van der Waals surface area contributed by atoms with Gasteiger partial charge in [0.15, 0.2) is 0 Å². The van der Waals surface area contributed by atoms with Crippen molar-refractivity contribution in [3.05, 3.63) is 11.1 Å². The molecule has 6 atom stereocenters. The molecule has 6 unspecified atom stereocenters. The molecule has 126 valence electrons. The van der Waals surface area contributed by atoms with Gasteiger partial charge in [0.25, 0.3) is 0 Å². The minimum atomic E-state index is 0.480. The standard InChI is InChI=1S/C21H36S/c1-7-14-10-17-18(11-19(14)22-6)20(17)13(2)8-15-9-16(15)12-21(3,4)5/h13-14,17-20H,7-12H2,1-6H3. The van der Waals surface area contributed by atoms with Crippen LogP contribution in [0, 0.1) is 35.0 Å². The summed E-state index contributed by atoms with van der Waals surface area (Å²) in [5.41, 5.74) is 4.12. The fraction of sp³-hybridized carbons (Fsp3) is 0.905. The molecule has 2 saturated carbocycles. The molecule has 0 spiro atoms. The first-order chi connectivity index (χ1) is 10.3. The van der Waals surface area contributed by atoms with E-state index in [9.17, 15) is 0 Å². The molecule has 1 heteroatoms. The van der Waals surface area contributed by atoms with Gasteiger partial charge in [0.2, 0.25) is 0 Å². The normalized spacial score (nSPS) is 38.7. The van der Waals surface area contributed by atoms with Crippen molar-refractivity contribution in [2.75, 3.05) is 6.26 Å². The third-order valence-corrected chi connectivity index (χ3v) is 7.78. The lowest BCUT2D eigenvalue weighted by atomic mass is 9.87. The van der Waals surface area contributed by atoms with Crippen molar-refractivity contribution in [3.8, 4) is 0 Å². The van der Waals surface area contributed by atoms with E-state index < -0.39 is 0 Å². The van der Waals surface area contributed by atoms with Gasteiger partial charge in [-0.05, 0) is 73.4 Å². The van der Waals surface area contributed by atoms with E-state index in [2.05, 4.69) is 52.6 Å². The van der Waals surface area contributed by atoms with Crippen LogP contribution in [0.1, 0.15) is 73.1 Å². The van der Waals surface area contributed by atoms with Gasteiger partial charge in [0.05, 0.1) is 0 Å². The van der Waals surface area contributed by atoms with Crippen LogP contribution >= 0.6 is 11.8 Å². The van der Waals surface area contributed by atoms with Crippen molar-refractivity contribution in [3.63, 3.8) is 0 Å². The van der Waals surface area contributed by atoms with Gasteiger partial charge in [0, 0.05) is 5.25 Å². The summed E-state index contributed by atoms with van der Waals surface area (Å²) in [6.45, 7) is 12.1. The molecule has 0 bridgehead atoms. The van der Waals surface area contributed by atoms with Crippen molar-refractivity contribution < 1.29 is 0 Å². The lowest BCUT2D eigenvalue weighted by Crippen LogP contribution is -2.22. The molecule has 3 aliphatic carbocycles. The topological polar surface area (TPSA) is 0 Å². The average molecular weight is 321 g/mol. The summed E-state index contributed by atoms with van der Waals surface area (Å²) in [5, 5.41) is 0.958. The average Bonchev–Trinajstić information content (AvgIpc) is 3.31. The van der Waals surface area contributed by atoms with Crippen molar-refractivity contribution in [2.24, 2.45) is 35.0 Å². The molecule has 22 heavy (non-hydrogen) atoms. The lowest BCUT2D eigenvalue weighted by molar-refractivity contribution is 0.345. The largest absolute Gasteiger partial charge is 0.162 e. The molecule has 0 N–H and O–H groups in total. The predicted molar refractivity (Wildman–Crippen MR) is 100 cm³/mol. The van der Waals surface area contributed by atoms with Crippen LogP contribution in [-0.4, -0.2) is 11.5 Å². The number of hydrogen-bond donors (Lipinski definition) is 0. The second-order valence-corrected chi connectivity index (χ2v) is 10.7. The molecule has 3 aliphatic rings. The summed E-state index contributed by atoms with van der Waals surface area (Å²) in [6, 6.07) is 0. The van der Waals surface area contributed by atoms with E-state index in [1.54, 1.807) is 5.57 Å². The van der Waals surface area contributed by atoms with Gasteiger partial charge in [-0.2, -0.15) is 11.8 Å². The summed E-state index contributed by atoms with van der Waals surface area (Å²) in [7, 11) is 0. The summed E-state index contributed by atoms with van der Waals surface area (Å²) < 4.78 is 0. The van der Waals surface area contributed by atoms with Crippen molar-refractivity contribution >= 4 is 11.8 Å². The highest BCUT2D eigenvalue weighted by Gasteiger charge is 2.56. The molecule has 0 saturated heterocycles. The smallest absolute Gasteiger partial charge is 0.00753 e. The second kappa shape index (κ2) is 6.19. The number of fused-ring (bicyclic) bond motifs is 1. The molecule has 0 aliphatic heterocycles. The van der Waals surface area contributed by atoms with Crippen LogP contribution in [0.25, 0.3) is 0 Å². The Morgan fingerprint density at radius 2 is 1.82 bits per heavy atom. The maximum atomic E-state index is 2.55. The monoisotopic (exact) mass is 320 g/mol. The van der Waals surface area contributed by atoms with Crippen LogP contribution in [0.3, 0.4) is 0 Å². The molecule has 0 aromatic carbocycles. The van der Waals surface area contributed by atoms with Crippen LogP contribution in [0.5, 0.6) is 0 Å². The van der Waals surface area contributed by atoms with Crippen molar-refractivity contribution in [1.29, 1.82) is 0 Å². The predicted octanol–water partition coefficient (Wildman–Crippen LogP) is 6.56. The zero-order chi connectivity index (χ0) is 16.1. The van der Waals surface area contributed by atoms with E-state index in [1.807, 2.05) is 5.57 Å². The molecule has 3 rings (SSSR count). The minimum Gasteiger partial charge on any atom is -0.162 e. The first-order valence-electron chi connectivity index (χ1n) is 9.56. The Balaban J connectivity index is 1.52. The molecule has 0 aromatic heterocycles. The first-order valence-corrected chi connectivity index (χ1v) is 10.9. The van der Waals surface area contributed by atoms with E-state index in [1.165, 1.54) is 38.5 Å².